The third-order valence-electron chi connectivity index (χ3n) is 4.45. The number of fused-ring (bicyclic) bond motifs is 1. The Morgan fingerprint density at radius 1 is 1.40 bits per heavy atom. The van der Waals surface area contributed by atoms with E-state index in [0.29, 0.717) is 17.5 Å². The molecule has 0 N–H and O–H groups in total. The zero-order valence-corrected chi connectivity index (χ0v) is 12.6. The highest BCUT2D eigenvalue weighted by Crippen LogP contribution is 2.29. The molecule has 5 nitrogen and oxygen atoms in total. The van der Waals surface area contributed by atoms with Crippen LogP contribution in [-0.4, -0.2) is 54.3 Å². The number of piperazine rings is 1. The van der Waals surface area contributed by atoms with Gasteiger partial charge in [-0.3, -0.25) is 9.88 Å². The van der Waals surface area contributed by atoms with Crippen molar-refractivity contribution in [1.29, 1.82) is 0 Å². The predicted octanol–water partition coefficient (Wildman–Crippen LogP) is 1.33. The minimum Gasteiger partial charge on any atom is -0.297 e. The van der Waals surface area contributed by atoms with Crippen molar-refractivity contribution in [2.24, 2.45) is 0 Å². The lowest BCUT2D eigenvalue weighted by molar-refractivity contribution is 0.106. The highest BCUT2D eigenvalue weighted by Gasteiger charge is 2.41. The van der Waals surface area contributed by atoms with Crippen molar-refractivity contribution >= 4 is 10.0 Å². The van der Waals surface area contributed by atoms with Crippen LogP contribution in [0.3, 0.4) is 0 Å². The Balaban J connectivity index is 1.91. The van der Waals surface area contributed by atoms with Gasteiger partial charge in [0.15, 0.2) is 0 Å². The van der Waals surface area contributed by atoms with Crippen LogP contribution in [0.5, 0.6) is 0 Å². The van der Waals surface area contributed by atoms with Gasteiger partial charge in [0.25, 0.3) is 0 Å². The normalized spacial score (nSPS) is 28.4. The number of sulfonamides is 1. The molecule has 3 heterocycles. The van der Waals surface area contributed by atoms with Crippen molar-refractivity contribution in [3.8, 4) is 0 Å². The molecule has 2 aliphatic heterocycles. The van der Waals surface area contributed by atoms with Crippen LogP contribution in [0.15, 0.2) is 29.4 Å². The highest BCUT2D eigenvalue weighted by molar-refractivity contribution is 7.89. The fourth-order valence-corrected chi connectivity index (χ4v) is 5.01. The maximum Gasteiger partial charge on any atom is 0.244 e. The molecule has 2 fully saturated rings. The summed E-state index contributed by atoms with van der Waals surface area (Å²) in [6.07, 6.45) is 6.19. The first kappa shape index (κ1) is 14.0. The fourth-order valence-electron chi connectivity index (χ4n) is 3.32. The lowest BCUT2D eigenvalue weighted by atomic mass is 10.1. The molecule has 0 saturated carbocycles. The summed E-state index contributed by atoms with van der Waals surface area (Å²) in [5.41, 5.74) is 0. The van der Waals surface area contributed by atoms with E-state index in [-0.39, 0.29) is 6.04 Å². The van der Waals surface area contributed by atoms with Gasteiger partial charge in [0, 0.05) is 37.6 Å². The fraction of sp³-hybridized carbons (Fsp3) is 0.643. The maximum absolute atomic E-state index is 12.8. The Hall–Kier alpha value is -0.980. The van der Waals surface area contributed by atoms with Gasteiger partial charge in [-0.25, -0.2) is 8.42 Å². The number of hydrogen-bond donors (Lipinski definition) is 0. The van der Waals surface area contributed by atoms with Crippen LogP contribution in [0.25, 0.3) is 0 Å². The largest absolute Gasteiger partial charge is 0.297 e. The smallest absolute Gasteiger partial charge is 0.244 e. The van der Waals surface area contributed by atoms with Crippen molar-refractivity contribution in [2.45, 2.75) is 43.2 Å². The van der Waals surface area contributed by atoms with Gasteiger partial charge >= 0.3 is 0 Å². The first-order chi connectivity index (χ1) is 9.63. The van der Waals surface area contributed by atoms with Crippen LogP contribution in [-0.2, 0) is 10.0 Å². The van der Waals surface area contributed by atoms with Crippen LogP contribution in [0.4, 0.5) is 0 Å². The van der Waals surface area contributed by atoms with E-state index in [1.807, 2.05) is 0 Å². The second-order valence-electron chi connectivity index (χ2n) is 5.62. The average molecular weight is 295 g/mol. The number of nitrogens with zero attached hydrogens (tertiary/aromatic N) is 3. The van der Waals surface area contributed by atoms with Crippen molar-refractivity contribution in [2.75, 3.05) is 19.6 Å². The molecule has 0 radical (unpaired) electrons. The van der Waals surface area contributed by atoms with E-state index in [1.165, 1.54) is 12.6 Å². The third-order valence-corrected chi connectivity index (χ3v) is 6.36. The molecule has 0 aromatic carbocycles. The van der Waals surface area contributed by atoms with Gasteiger partial charge in [0.1, 0.15) is 4.90 Å². The molecule has 1 aromatic rings. The molecule has 0 spiro atoms. The predicted molar refractivity (Wildman–Crippen MR) is 76.8 cm³/mol. The topological polar surface area (TPSA) is 53.5 Å². The van der Waals surface area contributed by atoms with Crippen LogP contribution in [0, 0.1) is 0 Å². The van der Waals surface area contributed by atoms with Crippen molar-refractivity contribution in [1.82, 2.24) is 14.2 Å². The summed E-state index contributed by atoms with van der Waals surface area (Å²) < 4.78 is 27.3. The monoisotopic (exact) mass is 295 g/mol. The van der Waals surface area contributed by atoms with E-state index >= 15 is 0 Å². The lowest BCUT2D eigenvalue weighted by Crippen LogP contribution is -2.57. The molecule has 6 heteroatoms. The van der Waals surface area contributed by atoms with Crippen LogP contribution < -0.4 is 0 Å². The summed E-state index contributed by atoms with van der Waals surface area (Å²) in [5, 5.41) is 0. The maximum atomic E-state index is 12.8. The SMILES string of the molecule is CC[C@H]1CN2CCC[C@H]2CN1S(=O)(=O)c1cccnc1. The average Bonchev–Trinajstić information content (AvgIpc) is 2.94. The summed E-state index contributed by atoms with van der Waals surface area (Å²) in [6.45, 7) is 4.66. The van der Waals surface area contributed by atoms with Gasteiger partial charge in [-0.1, -0.05) is 6.92 Å². The Kier molecular flexibility index (Phi) is 3.79. The Morgan fingerprint density at radius 2 is 2.25 bits per heavy atom. The van der Waals surface area contributed by atoms with E-state index in [9.17, 15) is 8.42 Å². The minimum atomic E-state index is -3.42. The third kappa shape index (κ3) is 2.36. The van der Waals surface area contributed by atoms with Crippen molar-refractivity contribution in [3.63, 3.8) is 0 Å². The van der Waals surface area contributed by atoms with Crippen LogP contribution in [0.1, 0.15) is 26.2 Å². The van der Waals surface area contributed by atoms with E-state index in [4.69, 9.17) is 0 Å². The van der Waals surface area contributed by atoms with E-state index in [2.05, 4.69) is 16.8 Å². The molecule has 1 aromatic heterocycles. The van der Waals surface area contributed by atoms with Crippen molar-refractivity contribution < 1.29 is 8.42 Å². The molecule has 0 bridgehead atoms. The molecule has 0 aliphatic carbocycles. The first-order valence-electron chi connectivity index (χ1n) is 7.29. The summed E-state index contributed by atoms with van der Waals surface area (Å²) in [6, 6.07) is 3.79. The summed E-state index contributed by atoms with van der Waals surface area (Å²) in [7, 11) is -3.42. The lowest BCUT2D eigenvalue weighted by Gasteiger charge is -2.42. The molecule has 2 aliphatic rings. The summed E-state index contributed by atoms with van der Waals surface area (Å²) >= 11 is 0. The summed E-state index contributed by atoms with van der Waals surface area (Å²) in [4.78, 5) is 6.70. The van der Waals surface area contributed by atoms with Gasteiger partial charge in [0.05, 0.1) is 0 Å². The zero-order valence-electron chi connectivity index (χ0n) is 11.8. The number of aromatic nitrogens is 1. The highest BCUT2D eigenvalue weighted by atomic mass is 32.2. The van der Waals surface area contributed by atoms with Gasteiger partial charge in [0.2, 0.25) is 10.0 Å². The molecule has 0 amide bonds. The van der Waals surface area contributed by atoms with Gasteiger partial charge < -0.3 is 0 Å². The van der Waals surface area contributed by atoms with E-state index in [0.717, 1.165) is 25.9 Å². The molecule has 2 saturated heterocycles. The Morgan fingerprint density at radius 3 is 2.95 bits per heavy atom. The second-order valence-corrected chi connectivity index (χ2v) is 7.51. The van der Waals surface area contributed by atoms with Gasteiger partial charge in [-0.05, 0) is 37.9 Å². The number of rotatable bonds is 3. The number of hydrogen-bond acceptors (Lipinski definition) is 4. The molecular weight excluding hydrogens is 274 g/mol. The van der Waals surface area contributed by atoms with Gasteiger partial charge in [-0.2, -0.15) is 4.31 Å². The molecule has 2 atom stereocenters. The molecule has 20 heavy (non-hydrogen) atoms. The molecule has 0 unspecified atom stereocenters. The Labute approximate surface area is 120 Å². The van der Waals surface area contributed by atoms with Crippen LogP contribution >= 0.6 is 0 Å². The van der Waals surface area contributed by atoms with Gasteiger partial charge in [-0.15, -0.1) is 0 Å². The quantitative estimate of drug-likeness (QED) is 0.844. The number of pyridine rings is 1. The standard InChI is InChI=1S/C14H21N3O2S/c1-2-12-10-16-8-4-5-13(16)11-17(12)20(18,19)14-6-3-7-15-9-14/h3,6-7,9,12-13H,2,4-5,8,10-11H2,1H3/t12-,13-/m0/s1. The van der Waals surface area contributed by atoms with Crippen molar-refractivity contribution in [3.05, 3.63) is 24.5 Å². The minimum absolute atomic E-state index is 0.0783. The van der Waals surface area contributed by atoms with Crippen LogP contribution in [0.2, 0.25) is 0 Å². The summed E-state index contributed by atoms with van der Waals surface area (Å²) in [5.74, 6) is 0. The Bertz CT molecular complexity index is 561. The molecule has 110 valence electrons. The zero-order chi connectivity index (χ0) is 14.2. The van der Waals surface area contributed by atoms with E-state index < -0.39 is 10.0 Å². The molecule has 3 rings (SSSR count). The van der Waals surface area contributed by atoms with E-state index in [1.54, 1.807) is 22.6 Å². The second kappa shape index (κ2) is 5.42. The first-order valence-corrected chi connectivity index (χ1v) is 8.73. The molecular formula is C14H21N3O2S.